The van der Waals surface area contributed by atoms with Gasteiger partial charge in [-0.1, -0.05) is 29.8 Å². The molecule has 1 amide bonds. The first-order chi connectivity index (χ1) is 12.1. The van der Waals surface area contributed by atoms with Gasteiger partial charge in [0, 0.05) is 11.6 Å². The summed E-state index contributed by atoms with van der Waals surface area (Å²) in [6.07, 6.45) is -4.56. The second-order valence-electron chi connectivity index (χ2n) is 5.95. The van der Waals surface area contributed by atoms with Crippen molar-refractivity contribution in [1.82, 2.24) is 10.4 Å². The fourth-order valence-electron chi connectivity index (χ4n) is 2.53. The molecular weight excluding hydrogens is 349 g/mol. The Kier molecular flexibility index (Phi) is 4.15. The van der Waals surface area contributed by atoms with Crippen molar-refractivity contribution < 1.29 is 28.2 Å². The van der Waals surface area contributed by atoms with E-state index in [0.717, 1.165) is 5.56 Å². The number of hydrogen-bond acceptors (Lipinski definition) is 4. The van der Waals surface area contributed by atoms with Gasteiger partial charge in [0.1, 0.15) is 5.75 Å². The van der Waals surface area contributed by atoms with Crippen molar-refractivity contribution in [3.63, 3.8) is 0 Å². The lowest BCUT2D eigenvalue weighted by atomic mass is 10.1. The van der Waals surface area contributed by atoms with E-state index >= 15 is 0 Å². The fourth-order valence-corrected chi connectivity index (χ4v) is 2.53. The van der Waals surface area contributed by atoms with Gasteiger partial charge in [0.05, 0.1) is 5.70 Å². The number of hydrogen-bond donors (Lipinski definition) is 3. The van der Waals surface area contributed by atoms with Gasteiger partial charge in [0.15, 0.2) is 0 Å². The second-order valence-corrected chi connectivity index (χ2v) is 5.95. The Balaban J connectivity index is 2.01. The molecule has 0 unspecified atom stereocenters. The van der Waals surface area contributed by atoms with Crippen molar-refractivity contribution >= 4 is 11.6 Å². The standard InChI is InChI=1S/C18H15F3N2O3/c1-11-2-4-12(5-3-11)15-10-17(26,18(19,20)21)23(22-15)16(25)13-6-8-14(24)9-7-13/h2-10,22,24,26H,1H3/t17-/m0/s1. The number of carbonyl (C=O) groups is 1. The number of alkyl halides is 3. The zero-order valence-electron chi connectivity index (χ0n) is 13.6. The zero-order valence-corrected chi connectivity index (χ0v) is 13.6. The molecule has 0 spiro atoms. The highest BCUT2D eigenvalue weighted by Crippen LogP contribution is 2.40. The number of rotatable bonds is 2. The molecule has 0 radical (unpaired) electrons. The van der Waals surface area contributed by atoms with Crippen molar-refractivity contribution in [2.45, 2.75) is 18.8 Å². The maximum absolute atomic E-state index is 13.5. The third-order valence-electron chi connectivity index (χ3n) is 4.02. The Bertz CT molecular complexity index is 861. The van der Waals surface area contributed by atoms with Gasteiger partial charge in [-0.25, -0.2) is 5.01 Å². The third-order valence-corrected chi connectivity index (χ3v) is 4.02. The molecule has 3 N–H and O–H groups in total. The molecule has 0 aliphatic carbocycles. The van der Waals surface area contributed by atoms with Crippen LogP contribution in [0.2, 0.25) is 0 Å². The van der Waals surface area contributed by atoms with Gasteiger partial charge < -0.3 is 10.2 Å². The van der Waals surface area contributed by atoms with Gasteiger partial charge in [0.25, 0.3) is 11.6 Å². The molecule has 26 heavy (non-hydrogen) atoms. The van der Waals surface area contributed by atoms with Crippen LogP contribution in [0.15, 0.2) is 54.6 Å². The summed E-state index contributed by atoms with van der Waals surface area (Å²) in [6, 6.07) is 11.2. The lowest BCUT2D eigenvalue weighted by molar-refractivity contribution is -0.283. The van der Waals surface area contributed by atoms with Crippen LogP contribution < -0.4 is 5.43 Å². The number of aromatic hydroxyl groups is 1. The number of amides is 1. The molecule has 8 heteroatoms. The minimum absolute atomic E-state index is 0.0445. The van der Waals surface area contributed by atoms with E-state index in [1.807, 2.05) is 6.92 Å². The van der Waals surface area contributed by atoms with Gasteiger partial charge in [0.2, 0.25) is 0 Å². The van der Waals surface area contributed by atoms with Crippen LogP contribution in [0.3, 0.4) is 0 Å². The van der Waals surface area contributed by atoms with Crippen molar-refractivity contribution in [2.75, 3.05) is 0 Å². The van der Waals surface area contributed by atoms with Crippen molar-refractivity contribution in [3.05, 3.63) is 71.3 Å². The second kappa shape index (κ2) is 6.06. The summed E-state index contributed by atoms with van der Waals surface area (Å²) >= 11 is 0. The van der Waals surface area contributed by atoms with E-state index in [4.69, 9.17) is 0 Å². The molecule has 1 aliphatic rings. The molecular formula is C18H15F3N2O3. The maximum atomic E-state index is 13.5. The minimum Gasteiger partial charge on any atom is -0.508 e. The fraction of sp³-hybridized carbons (Fsp3) is 0.167. The number of nitrogens with one attached hydrogen (secondary N) is 1. The van der Waals surface area contributed by atoms with Gasteiger partial charge in [-0.05, 0) is 36.8 Å². The predicted molar refractivity (Wildman–Crippen MR) is 87.6 cm³/mol. The summed E-state index contributed by atoms with van der Waals surface area (Å²) in [5.74, 6) is -1.23. The molecule has 0 bridgehead atoms. The number of phenols is 1. The average Bonchev–Trinajstić information content (AvgIpc) is 2.94. The first-order valence-electron chi connectivity index (χ1n) is 7.61. The predicted octanol–water partition coefficient (Wildman–Crippen LogP) is 2.95. The maximum Gasteiger partial charge on any atom is 0.442 e. The molecule has 2 aromatic rings. The molecule has 0 saturated heterocycles. The SMILES string of the molecule is Cc1ccc(C2=C[C@](O)(C(F)(F)F)N(C(=O)c3ccc(O)cc3)N2)cc1. The van der Waals surface area contributed by atoms with Crippen LogP contribution in [0.25, 0.3) is 5.70 Å². The Morgan fingerprint density at radius 1 is 1.08 bits per heavy atom. The number of hydrazine groups is 1. The van der Waals surface area contributed by atoms with E-state index in [1.54, 1.807) is 24.3 Å². The minimum atomic E-state index is -5.13. The lowest BCUT2D eigenvalue weighted by Crippen LogP contribution is -2.60. The number of phenolic OH excluding ortho intramolecular Hbond substituents is 1. The number of nitrogens with zero attached hydrogens (tertiary/aromatic N) is 1. The third kappa shape index (κ3) is 2.99. The van der Waals surface area contributed by atoms with Crippen molar-refractivity contribution in [2.24, 2.45) is 0 Å². The number of carbonyl (C=O) groups excluding carboxylic acids is 1. The molecule has 1 aliphatic heterocycles. The van der Waals surface area contributed by atoms with Gasteiger partial charge in [-0.2, -0.15) is 13.2 Å². The largest absolute Gasteiger partial charge is 0.508 e. The number of benzene rings is 2. The Morgan fingerprint density at radius 3 is 2.19 bits per heavy atom. The summed E-state index contributed by atoms with van der Waals surface area (Å²) in [5, 5.41) is 19.7. The topological polar surface area (TPSA) is 72.8 Å². The molecule has 2 aromatic carbocycles. The highest BCUT2D eigenvalue weighted by Gasteiger charge is 2.61. The molecule has 3 rings (SSSR count). The molecule has 136 valence electrons. The van der Waals surface area contributed by atoms with E-state index in [0.29, 0.717) is 11.6 Å². The summed E-state index contributed by atoms with van der Waals surface area (Å²) in [4.78, 5) is 12.5. The van der Waals surface area contributed by atoms with Crippen LogP contribution in [0.1, 0.15) is 21.5 Å². The first-order valence-corrected chi connectivity index (χ1v) is 7.61. The monoisotopic (exact) mass is 364 g/mol. The van der Waals surface area contributed by atoms with Gasteiger partial charge in [-0.3, -0.25) is 10.2 Å². The number of aliphatic hydroxyl groups is 1. The molecule has 0 saturated carbocycles. The van der Waals surface area contributed by atoms with Crippen molar-refractivity contribution in [3.8, 4) is 5.75 Å². The van der Waals surface area contributed by atoms with Gasteiger partial charge in [-0.15, -0.1) is 0 Å². The highest BCUT2D eigenvalue weighted by atomic mass is 19.4. The molecule has 1 atom stereocenters. The molecule has 0 aromatic heterocycles. The van der Waals surface area contributed by atoms with Gasteiger partial charge >= 0.3 is 6.18 Å². The first kappa shape index (κ1) is 17.8. The Morgan fingerprint density at radius 2 is 1.65 bits per heavy atom. The lowest BCUT2D eigenvalue weighted by Gasteiger charge is -2.33. The summed E-state index contributed by atoms with van der Waals surface area (Å²) in [6.45, 7) is 1.83. The molecule has 1 heterocycles. The number of aryl methyl sites for hydroxylation is 1. The summed E-state index contributed by atoms with van der Waals surface area (Å²) < 4.78 is 40.6. The summed E-state index contributed by atoms with van der Waals surface area (Å²) in [5.41, 5.74) is -0.0346. The molecule has 5 nitrogen and oxygen atoms in total. The van der Waals surface area contributed by atoms with E-state index in [2.05, 4.69) is 5.43 Å². The van der Waals surface area contributed by atoms with E-state index in [9.17, 15) is 28.2 Å². The summed E-state index contributed by atoms with van der Waals surface area (Å²) in [7, 11) is 0. The van der Waals surface area contributed by atoms with Crippen LogP contribution in [-0.2, 0) is 0 Å². The van der Waals surface area contributed by atoms with Crippen LogP contribution in [0, 0.1) is 6.92 Å². The highest BCUT2D eigenvalue weighted by molar-refractivity contribution is 5.96. The van der Waals surface area contributed by atoms with Crippen LogP contribution >= 0.6 is 0 Å². The van der Waals surface area contributed by atoms with Crippen LogP contribution in [0.5, 0.6) is 5.75 Å². The van der Waals surface area contributed by atoms with E-state index < -0.39 is 17.8 Å². The normalized spacial score (nSPS) is 19.9. The van der Waals surface area contributed by atoms with E-state index in [1.165, 1.54) is 24.3 Å². The Labute approximate surface area is 147 Å². The van der Waals surface area contributed by atoms with E-state index in [-0.39, 0.29) is 22.0 Å². The Hall–Kier alpha value is -3.00. The zero-order chi connectivity index (χ0) is 19.1. The van der Waals surface area contributed by atoms with Crippen LogP contribution in [0.4, 0.5) is 13.2 Å². The van der Waals surface area contributed by atoms with Crippen molar-refractivity contribution in [1.29, 1.82) is 0 Å². The quantitative estimate of drug-likeness (QED) is 0.766. The van der Waals surface area contributed by atoms with Crippen LogP contribution in [-0.4, -0.2) is 33.0 Å². The average molecular weight is 364 g/mol. The smallest absolute Gasteiger partial charge is 0.442 e. The molecule has 0 fully saturated rings. The number of halogens is 3.